The summed E-state index contributed by atoms with van der Waals surface area (Å²) in [5.41, 5.74) is 1.16. The second-order valence-electron chi connectivity index (χ2n) is 8.09. The second kappa shape index (κ2) is 10.8. The Morgan fingerprint density at radius 3 is 2.59 bits per heavy atom. The van der Waals surface area contributed by atoms with Crippen molar-refractivity contribution in [2.24, 2.45) is 0 Å². The molecule has 182 valence electrons. The third kappa shape index (κ3) is 5.75. The van der Waals surface area contributed by atoms with Crippen molar-refractivity contribution < 1.29 is 22.7 Å². The summed E-state index contributed by atoms with van der Waals surface area (Å²) in [7, 11) is -3.34. The first-order valence-corrected chi connectivity index (χ1v) is 14.0. The molecule has 1 aliphatic heterocycles. The molecule has 0 aliphatic carbocycles. The van der Waals surface area contributed by atoms with E-state index in [0.717, 1.165) is 55.7 Å². The predicted octanol–water partition coefficient (Wildman–Crippen LogP) is 3.47. The van der Waals surface area contributed by atoms with Crippen LogP contribution in [0.1, 0.15) is 23.7 Å². The van der Waals surface area contributed by atoms with Crippen LogP contribution in [0.4, 0.5) is 5.13 Å². The van der Waals surface area contributed by atoms with E-state index in [4.69, 9.17) is 14.5 Å². The third-order valence-electron chi connectivity index (χ3n) is 5.64. The number of carbonyl (C=O) groups is 1. The van der Waals surface area contributed by atoms with Crippen molar-refractivity contribution in [3.63, 3.8) is 0 Å². The molecule has 34 heavy (non-hydrogen) atoms. The van der Waals surface area contributed by atoms with Crippen LogP contribution >= 0.6 is 11.3 Å². The summed E-state index contributed by atoms with van der Waals surface area (Å²) < 4.78 is 35.7. The van der Waals surface area contributed by atoms with Crippen LogP contribution in [-0.2, 0) is 14.6 Å². The molecule has 1 fully saturated rings. The summed E-state index contributed by atoms with van der Waals surface area (Å²) in [5.74, 6) is 0.486. The minimum absolute atomic E-state index is 0.185. The molecule has 1 saturated heterocycles. The molecule has 1 aromatic heterocycles. The summed E-state index contributed by atoms with van der Waals surface area (Å²) >= 11 is 1.45. The zero-order chi connectivity index (χ0) is 24.1. The number of benzene rings is 2. The molecule has 0 atom stereocenters. The lowest BCUT2D eigenvalue weighted by atomic mass is 10.2. The van der Waals surface area contributed by atoms with Crippen molar-refractivity contribution in [1.29, 1.82) is 0 Å². The van der Waals surface area contributed by atoms with Gasteiger partial charge in [0.1, 0.15) is 11.3 Å². The van der Waals surface area contributed by atoms with Crippen molar-refractivity contribution in [2.45, 2.75) is 18.2 Å². The van der Waals surface area contributed by atoms with E-state index in [-0.39, 0.29) is 10.8 Å². The number of hydrogen-bond donors (Lipinski definition) is 0. The predicted molar refractivity (Wildman–Crippen MR) is 134 cm³/mol. The fraction of sp³-hybridized carbons (Fsp3) is 0.417. The van der Waals surface area contributed by atoms with Gasteiger partial charge in [0.25, 0.3) is 5.91 Å². The van der Waals surface area contributed by atoms with E-state index in [1.165, 1.54) is 23.5 Å². The zero-order valence-electron chi connectivity index (χ0n) is 19.4. The van der Waals surface area contributed by atoms with Gasteiger partial charge in [0.05, 0.1) is 29.4 Å². The quantitative estimate of drug-likeness (QED) is 0.442. The Hall–Kier alpha value is -2.53. The van der Waals surface area contributed by atoms with Gasteiger partial charge in [-0.15, -0.1) is 0 Å². The number of fused-ring (bicyclic) bond motifs is 1. The van der Waals surface area contributed by atoms with Crippen LogP contribution in [0.3, 0.4) is 0 Å². The lowest BCUT2D eigenvalue weighted by Crippen LogP contribution is -2.39. The highest BCUT2D eigenvalue weighted by Gasteiger charge is 2.23. The van der Waals surface area contributed by atoms with Gasteiger partial charge in [0.2, 0.25) is 0 Å². The first-order chi connectivity index (χ1) is 16.4. The molecular formula is C24H29N3O5S2. The van der Waals surface area contributed by atoms with Gasteiger partial charge in [-0.3, -0.25) is 14.6 Å². The number of hydrogen-bond acceptors (Lipinski definition) is 8. The average molecular weight is 504 g/mol. The molecule has 3 aromatic rings. The van der Waals surface area contributed by atoms with E-state index in [1.807, 2.05) is 25.1 Å². The molecule has 0 N–H and O–H groups in total. The normalized spacial score (nSPS) is 14.9. The molecule has 1 aliphatic rings. The highest BCUT2D eigenvalue weighted by atomic mass is 32.2. The van der Waals surface area contributed by atoms with E-state index < -0.39 is 9.84 Å². The van der Waals surface area contributed by atoms with Gasteiger partial charge >= 0.3 is 0 Å². The van der Waals surface area contributed by atoms with Gasteiger partial charge in [0, 0.05) is 38.0 Å². The lowest BCUT2D eigenvalue weighted by Gasteiger charge is -2.27. The Labute approximate surface area is 204 Å². The van der Waals surface area contributed by atoms with Crippen LogP contribution in [0.2, 0.25) is 0 Å². The van der Waals surface area contributed by atoms with Gasteiger partial charge in [-0.25, -0.2) is 13.4 Å². The molecule has 2 heterocycles. The summed E-state index contributed by atoms with van der Waals surface area (Å²) in [6.45, 7) is 7.04. The van der Waals surface area contributed by atoms with Crippen molar-refractivity contribution in [3.8, 4) is 5.75 Å². The van der Waals surface area contributed by atoms with Crippen molar-refractivity contribution in [2.75, 3.05) is 57.2 Å². The Kier molecular flexibility index (Phi) is 7.82. The highest BCUT2D eigenvalue weighted by molar-refractivity contribution is 7.90. The number of amides is 1. The smallest absolute Gasteiger partial charge is 0.260 e. The van der Waals surface area contributed by atoms with Gasteiger partial charge in [-0.2, -0.15) is 0 Å². The molecule has 0 bridgehead atoms. The second-order valence-corrected chi connectivity index (χ2v) is 11.1. The van der Waals surface area contributed by atoms with Gasteiger partial charge in [-0.05, 0) is 49.7 Å². The van der Waals surface area contributed by atoms with Crippen LogP contribution in [0.5, 0.6) is 5.75 Å². The zero-order valence-corrected chi connectivity index (χ0v) is 21.0. The fourth-order valence-electron chi connectivity index (χ4n) is 3.86. The van der Waals surface area contributed by atoms with E-state index in [0.29, 0.717) is 29.6 Å². The Morgan fingerprint density at radius 2 is 1.91 bits per heavy atom. The van der Waals surface area contributed by atoms with E-state index in [1.54, 1.807) is 17.0 Å². The van der Waals surface area contributed by atoms with E-state index >= 15 is 0 Å². The third-order valence-corrected chi connectivity index (χ3v) is 7.81. The van der Waals surface area contributed by atoms with Crippen LogP contribution < -0.4 is 9.64 Å². The topological polar surface area (TPSA) is 89.0 Å². The number of ether oxygens (including phenoxy) is 2. The van der Waals surface area contributed by atoms with Gasteiger partial charge in [0.15, 0.2) is 15.0 Å². The number of nitrogens with zero attached hydrogens (tertiary/aromatic N) is 3. The Bertz CT molecular complexity index is 1240. The number of anilines is 1. The molecule has 10 heteroatoms. The summed E-state index contributed by atoms with van der Waals surface area (Å²) in [4.78, 5) is 22.5. The lowest BCUT2D eigenvalue weighted by molar-refractivity contribution is 0.0376. The standard InChI is InChI=1S/C24H29N3O5S2/c1-3-32-20-6-4-7-21-22(20)25-24(33-21)27(13-5-12-26-14-16-31-17-15-26)23(28)18-8-10-19(11-9-18)34(2,29)30/h4,6-11H,3,5,12-17H2,1-2H3. The molecule has 0 unspecified atom stereocenters. The summed E-state index contributed by atoms with van der Waals surface area (Å²) in [5, 5.41) is 0.598. The number of aromatic nitrogens is 1. The maximum atomic E-state index is 13.6. The maximum absolute atomic E-state index is 13.6. The molecule has 0 spiro atoms. The molecule has 4 rings (SSSR count). The minimum Gasteiger partial charge on any atom is -0.492 e. The van der Waals surface area contributed by atoms with Crippen LogP contribution in [0.25, 0.3) is 10.2 Å². The first kappa shape index (κ1) is 24.6. The molecule has 1 amide bonds. The number of thiazole rings is 1. The molecule has 2 aromatic carbocycles. The number of morpholine rings is 1. The van der Waals surface area contributed by atoms with E-state index in [9.17, 15) is 13.2 Å². The van der Waals surface area contributed by atoms with Crippen LogP contribution in [-0.4, -0.2) is 76.5 Å². The minimum atomic E-state index is -3.34. The average Bonchev–Trinajstić information content (AvgIpc) is 3.27. The Morgan fingerprint density at radius 1 is 1.18 bits per heavy atom. The van der Waals surface area contributed by atoms with Crippen molar-refractivity contribution >= 4 is 42.4 Å². The molecule has 0 saturated carbocycles. The largest absolute Gasteiger partial charge is 0.492 e. The SMILES string of the molecule is CCOc1cccc2sc(N(CCCN3CCOCC3)C(=O)c3ccc(S(C)(=O)=O)cc3)nc12. The number of para-hydroxylation sites is 1. The van der Waals surface area contributed by atoms with Gasteiger partial charge < -0.3 is 9.47 Å². The first-order valence-electron chi connectivity index (χ1n) is 11.3. The van der Waals surface area contributed by atoms with Crippen molar-refractivity contribution in [3.05, 3.63) is 48.0 Å². The monoisotopic (exact) mass is 503 g/mol. The van der Waals surface area contributed by atoms with Crippen LogP contribution in [0.15, 0.2) is 47.4 Å². The maximum Gasteiger partial charge on any atom is 0.260 e. The Balaban J connectivity index is 1.61. The molecule has 0 radical (unpaired) electrons. The van der Waals surface area contributed by atoms with E-state index in [2.05, 4.69) is 4.90 Å². The number of carbonyl (C=O) groups excluding carboxylic acids is 1. The summed E-state index contributed by atoms with van der Waals surface area (Å²) in [6, 6.07) is 11.8. The van der Waals surface area contributed by atoms with Crippen LogP contribution in [0, 0.1) is 0 Å². The number of sulfone groups is 1. The molecule has 8 nitrogen and oxygen atoms in total. The summed E-state index contributed by atoms with van der Waals surface area (Å²) in [6.07, 6.45) is 1.93. The number of rotatable bonds is 9. The highest BCUT2D eigenvalue weighted by Crippen LogP contribution is 2.35. The molecular weight excluding hydrogens is 474 g/mol. The van der Waals surface area contributed by atoms with Crippen molar-refractivity contribution in [1.82, 2.24) is 9.88 Å². The van der Waals surface area contributed by atoms with Gasteiger partial charge in [-0.1, -0.05) is 17.4 Å². The fourth-order valence-corrected chi connectivity index (χ4v) is 5.50.